The van der Waals surface area contributed by atoms with E-state index in [1.54, 1.807) is 24.3 Å². The standard InChI is InChI=1S/C18H26N2O6/c1-10(2)20-15(21)8-13-16(22)17(23)14(26-13)9-19-18(24)11-4-6-12(25-3)7-5-11/h4-7,10,13-14,16-17,22-23H,8-9H2,1-3H3,(H,19,24)(H,20,21)/t13-,14-,16+,17-/m1/s1. The van der Waals surface area contributed by atoms with E-state index in [2.05, 4.69) is 10.6 Å². The summed E-state index contributed by atoms with van der Waals surface area (Å²) in [6.07, 6.45) is -4.02. The van der Waals surface area contributed by atoms with Crippen LogP contribution in [0.3, 0.4) is 0 Å². The summed E-state index contributed by atoms with van der Waals surface area (Å²) >= 11 is 0. The topological polar surface area (TPSA) is 117 Å². The van der Waals surface area contributed by atoms with E-state index in [0.717, 1.165) is 0 Å². The molecule has 0 saturated carbocycles. The number of ether oxygens (including phenoxy) is 2. The lowest BCUT2D eigenvalue weighted by atomic mass is 10.1. The van der Waals surface area contributed by atoms with Crippen LogP contribution in [-0.2, 0) is 9.53 Å². The highest BCUT2D eigenvalue weighted by atomic mass is 16.5. The molecule has 4 N–H and O–H groups in total. The molecule has 8 nitrogen and oxygen atoms in total. The largest absolute Gasteiger partial charge is 0.497 e. The quantitative estimate of drug-likeness (QED) is 0.532. The summed E-state index contributed by atoms with van der Waals surface area (Å²) in [7, 11) is 1.54. The number of nitrogens with one attached hydrogen (secondary N) is 2. The Balaban J connectivity index is 1.86. The Morgan fingerprint density at radius 1 is 1.15 bits per heavy atom. The zero-order chi connectivity index (χ0) is 19.3. The minimum Gasteiger partial charge on any atom is -0.497 e. The number of carbonyl (C=O) groups excluding carboxylic acids is 2. The van der Waals surface area contributed by atoms with Gasteiger partial charge in [-0.25, -0.2) is 0 Å². The maximum atomic E-state index is 12.2. The lowest BCUT2D eigenvalue weighted by molar-refractivity contribution is -0.125. The fourth-order valence-corrected chi connectivity index (χ4v) is 2.76. The Morgan fingerprint density at radius 3 is 2.35 bits per heavy atom. The van der Waals surface area contributed by atoms with Crippen molar-refractivity contribution in [1.29, 1.82) is 0 Å². The molecule has 26 heavy (non-hydrogen) atoms. The summed E-state index contributed by atoms with van der Waals surface area (Å²) < 4.78 is 10.6. The highest BCUT2D eigenvalue weighted by molar-refractivity contribution is 5.94. The zero-order valence-corrected chi connectivity index (χ0v) is 15.1. The molecule has 2 rings (SSSR count). The van der Waals surface area contributed by atoms with E-state index in [9.17, 15) is 19.8 Å². The lowest BCUT2D eigenvalue weighted by Crippen LogP contribution is -2.40. The van der Waals surface area contributed by atoms with Crippen molar-refractivity contribution in [3.05, 3.63) is 29.8 Å². The summed E-state index contributed by atoms with van der Waals surface area (Å²) in [6.45, 7) is 3.68. The summed E-state index contributed by atoms with van der Waals surface area (Å²) in [5, 5.41) is 25.5. The molecule has 0 unspecified atom stereocenters. The van der Waals surface area contributed by atoms with Crippen LogP contribution in [0.25, 0.3) is 0 Å². The van der Waals surface area contributed by atoms with Crippen molar-refractivity contribution in [3.8, 4) is 5.75 Å². The first-order chi connectivity index (χ1) is 12.3. The van der Waals surface area contributed by atoms with Crippen LogP contribution < -0.4 is 15.4 Å². The number of rotatable bonds is 7. The van der Waals surface area contributed by atoms with Crippen molar-refractivity contribution in [2.45, 2.75) is 50.7 Å². The van der Waals surface area contributed by atoms with Crippen LogP contribution in [0, 0.1) is 0 Å². The van der Waals surface area contributed by atoms with Gasteiger partial charge in [0.1, 0.15) is 24.1 Å². The van der Waals surface area contributed by atoms with Crippen molar-refractivity contribution in [2.75, 3.05) is 13.7 Å². The molecule has 1 aromatic carbocycles. The van der Waals surface area contributed by atoms with Gasteiger partial charge in [-0.3, -0.25) is 9.59 Å². The van der Waals surface area contributed by atoms with Crippen LogP contribution in [-0.4, -0.2) is 66.1 Å². The minimum atomic E-state index is -1.18. The predicted molar refractivity (Wildman–Crippen MR) is 93.9 cm³/mol. The fraction of sp³-hybridized carbons (Fsp3) is 0.556. The molecule has 1 saturated heterocycles. The molecule has 1 aromatic rings. The van der Waals surface area contributed by atoms with Gasteiger partial charge in [0.05, 0.1) is 19.6 Å². The van der Waals surface area contributed by atoms with Crippen LogP contribution in [0.5, 0.6) is 5.75 Å². The number of hydrogen-bond donors (Lipinski definition) is 4. The second-order valence-electron chi connectivity index (χ2n) is 6.56. The number of hydrogen-bond acceptors (Lipinski definition) is 6. The molecule has 1 aliphatic heterocycles. The van der Waals surface area contributed by atoms with Crippen LogP contribution in [0.2, 0.25) is 0 Å². The van der Waals surface area contributed by atoms with Crippen LogP contribution >= 0.6 is 0 Å². The van der Waals surface area contributed by atoms with E-state index >= 15 is 0 Å². The molecule has 144 valence electrons. The molecule has 0 bridgehead atoms. The van der Waals surface area contributed by atoms with Gasteiger partial charge in [0.15, 0.2) is 0 Å². The van der Waals surface area contributed by atoms with Gasteiger partial charge in [-0.2, -0.15) is 0 Å². The van der Waals surface area contributed by atoms with E-state index in [4.69, 9.17) is 9.47 Å². The Labute approximate surface area is 152 Å². The molecule has 0 aliphatic carbocycles. The zero-order valence-electron chi connectivity index (χ0n) is 15.1. The van der Waals surface area contributed by atoms with Crippen molar-refractivity contribution in [2.24, 2.45) is 0 Å². The van der Waals surface area contributed by atoms with Gasteiger partial charge in [-0.15, -0.1) is 0 Å². The number of methoxy groups -OCH3 is 1. The summed E-state index contributed by atoms with van der Waals surface area (Å²) in [4.78, 5) is 24.0. The van der Waals surface area contributed by atoms with Crippen LogP contribution in [0.4, 0.5) is 0 Å². The first kappa shape index (κ1) is 20.2. The average molecular weight is 366 g/mol. The summed E-state index contributed by atoms with van der Waals surface area (Å²) in [6, 6.07) is 6.55. The molecule has 1 heterocycles. The maximum absolute atomic E-state index is 12.2. The number of aliphatic hydroxyl groups excluding tert-OH is 2. The molecular weight excluding hydrogens is 340 g/mol. The number of carbonyl (C=O) groups is 2. The highest BCUT2D eigenvalue weighted by Gasteiger charge is 2.43. The third-order valence-electron chi connectivity index (χ3n) is 4.11. The normalized spacial score (nSPS) is 25.2. The van der Waals surface area contributed by atoms with Crippen molar-refractivity contribution in [1.82, 2.24) is 10.6 Å². The number of aliphatic hydroxyl groups is 2. The molecule has 4 atom stereocenters. The summed E-state index contributed by atoms with van der Waals surface area (Å²) in [5.74, 6) is 0.0415. The van der Waals surface area contributed by atoms with Gasteiger partial charge in [0.2, 0.25) is 5.91 Å². The van der Waals surface area contributed by atoms with Crippen molar-refractivity contribution >= 4 is 11.8 Å². The van der Waals surface area contributed by atoms with Crippen LogP contribution in [0.15, 0.2) is 24.3 Å². The number of amides is 2. The molecule has 0 spiro atoms. The Bertz CT molecular complexity index is 619. The first-order valence-electron chi connectivity index (χ1n) is 8.55. The van der Waals surface area contributed by atoms with Gasteiger partial charge in [-0.1, -0.05) is 0 Å². The molecule has 1 aliphatic rings. The monoisotopic (exact) mass is 366 g/mol. The third kappa shape index (κ3) is 5.17. The van der Waals surface area contributed by atoms with E-state index in [1.165, 1.54) is 7.11 Å². The Morgan fingerprint density at radius 2 is 1.77 bits per heavy atom. The smallest absolute Gasteiger partial charge is 0.251 e. The second kappa shape index (κ2) is 8.98. The molecule has 1 fully saturated rings. The molecule has 8 heteroatoms. The Hall–Kier alpha value is -2.16. The van der Waals surface area contributed by atoms with Crippen molar-refractivity contribution < 1.29 is 29.3 Å². The van der Waals surface area contributed by atoms with Gasteiger partial charge in [-0.05, 0) is 38.1 Å². The van der Waals surface area contributed by atoms with E-state index in [1.807, 2.05) is 13.8 Å². The lowest BCUT2D eigenvalue weighted by Gasteiger charge is -2.16. The van der Waals surface area contributed by atoms with Crippen molar-refractivity contribution in [3.63, 3.8) is 0 Å². The van der Waals surface area contributed by atoms with Gasteiger partial charge in [0, 0.05) is 18.2 Å². The molecule has 0 aromatic heterocycles. The maximum Gasteiger partial charge on any atom is 0.251 e. The number of benzene rings is 1. The van der Waals surface area contributed by atoms with Gasteiger partial charge < -0.3 is 30.3 Å². The summed E-state index contributed by atoms with van der Waals surface area (Å²) in [5.41, 5.74) is 0.437. The van der Waals surface area contributed by atoms with Crippen LogP contribution in [0.1, 0.15) is 30.6 Å². The highest BCUT2D eigenvalue weighted by Crippen LogP contribution is 2.23. The predicted octanol–water partition coefficient (Wildman–Crippen LogP) is -0.171. The Kier molecular flexibility index (Phi) is 6.96. The van der Waals surface area contributed by atoms with E-state index in [0.29, 0.717) is 11.3 Å². The van der Waals surface area contributed by atoms with Gasteiger partial charge in [0.25, 0.3) is 5.91 Å². The van der Waals surface area contributed by atoms with Gasteiger partial charge >= 0.3 is 0 Å². The molecule has 2 amide bonds. The fourth-order valence-electron chi connectivity index (χ4n) is 2.76. The van der Waals surface area contributed by atoms with E-state index < -0.39 is 24.4 Å². The molecule has 0 radical (unpaired) electrons. The minimum absolute atomic E-state index is 0.0192. The van der Waals surface area contributed by atoms with E-state index in [-0.39, 0.29) is 30.8 Å². The second-order valence-corrected chi connectivity index (χ2v) is 6.56. The first-order valence-corrected chi connectivity index (χ1v) is 8.55. The molecular formula is C18H26N2O6. The SMILES string of the molecule is COc1ccc(C(=O)NC[C@H]2O[C@H](CC(=O)NC(C)C)[C@H](O)[C@@H]2O)cc1. The average Bonchev–Trinajstić information content (AvgIpc) is 2.87. The third-order valence-corrected chi connectivity index (χ3v) is 4.11.